The van der Waals surface area contributed by atoms with Gasteiger partial charge in [0.25, 0.3) is 17.7 Å². The van der Waals surface area contributed by atoms with Crippen molar-refractivity contribution in [1.29, 1.82) is 0 Å². The molecule has 10 N–H and O–H groups in total. The van der Waals surface area contributed by atoms with E-state index < -0.39 is 77.9 Å². The Kier molecular flexibility index (Phi) is 37.3. The second kappa shape index (κ2) is 49.9. The molecule has 3 heterocycles. The number of halogens is 3. The Bertz CT molecular complexity index is 6620. The number of aromatic nitrogens is 2. The van der Waals surface area contributed by atoms with E-state index in [0.29, 0.717) is 56.5 Å². The number of imidazole rings is 1. The second-order valence-electron chi connectivity index (χ2n) is 31.2. The number of benzene rings is 12. The monoisotopic (exact) mass is 1910 g/mol. The first-order chi connectivity index (χ1) is 66.9. The van der Waals surface area contributed by atoms with Crippen molar-refractivity contribution in [2.75, 3.05) is 63.1 Å². The van der Waals surface area contributed by atoms with E-state index in [1.54, 1.807) is 127 Å². The van der Waals surface area contributed by atoms with E-state index in [-0.39, 0.29) is 121 Å². The third-order valence-corrected chi connectivity index (χ3v) is 21.2. The molecule has 1 aromatic heterocycles. The zero-order valence-corrected chi connectivity index (χ0v) is 75.9. The number of nitrogens with zero attached hydrogens (tertiary/aromatic N) is 2. The molecule has 31 nitrogen and oxygen atoms in total. The van der Waals surface area contributed by atoms with Crippen LogP contribution >= 0.6 is 0 Å². The van der Waals surface area contributed by atoms with Gasteiger partial charge in [0.15, 0.2) is 35.5 Å². The fraction of sp³-hybridized carbons (Fsp3) is 0.170. The SMILES string of the molecule is CC(=O)N(C)Cc1cccc(CC(=O)c2ccccc2C(=O)O)c1.CC1(Cc2ccc(CC(=O)c3ccccc3C(=O)O)cc2)OCCO1.CC1(c2ccc(NC(=O)c3ccccc3C(=O)O)cc2)OCCO1.COc1ccccc1CC(=O)c1ccccc1C(=O)O.O=C(O)c1ccccc1C(=O)Nc1ccc(-c2ncc[nH]2)cc1.O=C(O)c1ccccc1C(=O)Nc1ccccc1OCC(F)(F)F. The number of carboxylic acids is 6. The summed E-state index contributed by atoms with van der Waals surface area (Å²) in [5.74, 6) is -9.48. The third-order valence-electron chi connectivity index (χ3n) is 21.2. The molecule has 0 unspecified atom stereocenters. The Hall–Kier alpha value is -17.2. The lowest BCUT2D eigenvalue weighted by atomic mass is 9.97. The van der Waals surface area contributed by atoms with Gasteiger partial charge in [-0.05, 0) is 145 Å². The number of ketones is 3. The summed E-state index contributed by atoms with van der Waals surface area (Å²) in [6.07, 6.45) is -0.108. The number of carbonyl (C=O) groups is 13. The van der Waals surface area contributed by atoms with Crippen LogP contribution in [-0.4, -0.2) is 181 Å². The molecule has 2 aliphatic heterocycles. The van der Waals surface area contributed by atoms with Crippen LogP contribution in [0.1, 0.15) is 178 Å². The predicted octanol–water partition coefficient (Wildman–Crippen LogP) is 18.2. The van der Waals surface area contributed by atoms with Gasteiger partial charge in [0, 0.05) is 103 Å². The number of H-pyrrole nitrogens is 1. The van der Waals surface area contributed by atoms with Crippen LogP contribution in [0.2, 0.25) is 0 Å². The van der Waals surface area contributed by atoms with Crippen LogP contribution in [0.3, 0.4) is 0 Å². The summed E-state index contributed by atoms with van der Waals surface area (Å²) < 4.78 is 69.0. The Morgan fingerprint density at radius 1 is 0.407 bits per heavy atom. The number of alkyl halides is 3. The molecule has 140 heavy (non-hydrogen) atoms. The summed E-state index contributed by atoms with van der Waals surface area (Å²) in [5, 5.41) is 62.6. The molecule has 0 saturated carbocycles. The standard InChI is InChI=1S/C20H20O5.C19H19NO4.C18H17NO5.C17H13N3O3.C16H12F3NO4.C16H14O4/c1-20(24-10-11-25-20)13-15-8-6-14(7-9-15)12-18(21)16-4-2-3-5-17(16)19(22)23;1-13(21)20(2)12-15-7-5-6-14(10-15)11-18(22)16-8-3-4-9-17(16)19(23)24;1-18(23-10-11-24-18)12-6-8-13(9-7-12)19-16(20)14-4-2-3-5-15(14)17(21)22;21-16(13-3-1-2-4-14(13)17(22)23)20-12-7-5-11(6-8-12)15-18-9-10-19-15;17-16(18,19)9-24-13-8-4-3-7-12(13)20-14(21)10-5-1-2-6-11(10)15(22)23;1-20-15-9-5-2-6-11(15)10-14(17)12-7-3-4-8-13(12)16(18)19/h2-9H,10-13H2,1H3,(H,22,23);3-10H,11-12H2,1-2H3,(H,23,24);2-9H,10-11H2,1H3,(H,19,20)(H,21,22);1-10H,(H,18,19)(H,20,21)(H,22,23);1-8H,9H2,(H,20,21)(H,22,23);2-9H,10H2,1H3,(H,18,19). The van der Waals surface area contributed by atoms with Crippen LogP contribution < -0.4 is 25.4 Å². The molecule has 0 bridgehead atoms. The highest BCUT2D eigenvalue weighted by Gasteiger charge is 2.35. The van der Waals surface area contributed by atoms with Crippen molar-refractivity contribution >= 4 is 93.9 Å². The molecular formula is C106H95F3N6O25. The summed E-state index contributed by atoms with van der Waals surface area (Å²) in [5.41, 5.74) is 7.78. The molecule has 4 amide bonds. The van der Waals surface area contributed by atoms with Gasteiger partial charge in [0.05, 0.1) is 89.3 Å². The van der Waals surface area contributed by atoms with Gasteiger partial charge in [0.1, 0.15) is 17.3 Å². The molecular weight excluding hydrogens is 1810 g/mol. The Morgan fingerprint density at radius 2 is 0.771 bits per heavy atom. The summed E-state index contributed by atoms with van der Waals surface area (Å²) in [6.45, 7) is 6.50. The summed E-state index contributed by atoms with van der Waals surface area (Å²) >= 11 is 0. The molecule has 15 rings (SSSR count). The molecule has 0 spiro atoms. The van der Waals surface area contributed by atoms with Crippen molar-refractivity contribution < 1.29 is 135 Å². The molecule has 13 aromatic rings. The number of hydrogen-bond acceptors (Lipinski definition) is 20. The molecule has 2 saturated heterocycles. The number of para-hydroxylation sites is 3. The van der Waals surface area contributed by atoms with E-state index in [1.807, 2.05) is 98.8 Å². The molecule has 0 aliphatic carbocycles. The van der Waals surface area contributed by atoms with Gasteiger partial charge in [-0.15, -0.1) is 0 Å². The number of amides is 4. The minimum Gasteiger partial charge on any atom is -0.496 e. The molecule has 2 aliphatic rings. The van der Waals surface area contributed by atoms with E-state index in [0.717, 1.165) is 44.8 Å². The Labute approximate surface area is 799 Å². The van der Waals surface area contributed by atoms with Crippen LogP contribution in [0.15, 0.2) is 304 Å². The lowest BCUT2D eigenvalue weighted by molar-refractivity contribution is -0.153. The fourth-order valence-electron chi connectivity index (χ4n) is 14.2. The number of carbonyl (C=O) groups excluding carboxylic acids is 7. The molecule has 2 fully saturated rings. The van der Waals surface area contributed by atoms with Gasteiger partial charge in [-0.25, -0.2) is 33.8 Å². The number of nitrogens with one attached hydrogen (secondary N) is 4. The highest BCUT2D eigenvalue weighted by Crippen LogP contribution is 2.34. The Morgan fingerprint density at radius 3 is 1.19 bits per heavy atom. The first-order valence-electron chi connectivity index (χ1n) is 42.9. The van der Waals surface area contributed by atoms with E-state index in [2.05, 4.69) is 30.7 Å². The number of ether oxygens (including phenoxy) is 6. The van der Waals surface area contributed by atoms with E-state index in [9.17, 15) is 85.7 Å². The van der Waals surface area contributed by atoms with Crippen LogP contribution in [0.4, 0.5) is 30.2 Å². The van der Waals surface area contributed by atoms with Gasteiger partial charge >= 0.3 is 42.0 Å². The number of aromatic amines is 1. The van der Waals surface area contributed by atoms with Crippen molar-refractivity contribution in [1.82, 2.24) is 14.9 Å². The normalized spacial score (nSPS) is 12.3. The summed E-state index contributed by atoms with van der Waals surface area (Å²) in [4.78, 5) is 161. The van der Waals surface area contributed by atoms with Crippen LogP contribution in [0.5, 0.6) is 11.5 Å². The first-order valence-corrected chi connectivity index (χ1v) is 42.9. The molecule has 720 valence electrons. The van der Waals surface area contributed by atoms with E-state index in [1.165, 1.54) is 117 Å². The smallest absolute Gasteiger partial charge is 0.422 e. The lowest BCUT2D eigenvalue weighted by Crippen LogP contribution is -2.28. The first kappa shape index (κ1) is 105. The largest absolute Gasteiger partial charge is 0.496 e. The average Bonchev–Trinajstić information content (AvgIpc) is 1.63. The highest BCUT2D eigenvalue weighted by molar-refractivity contribution is 6.14. The lowest BCUT2D eigenvalue weighted by Gasteiger charge is -2.22. The molecule has 0 atom stereocenters. The van der Waals surface area contributed by atoms with Crippen molar-refractivity contribution in [3.63, 3.8) is 0 Å². The number of aromatic carboxylic acids is 6. The maximum absolute atomic E-state index is 12.5. The maximum atomic E-state index is 12.5. The van der Waals surface area contributed by atoms with Crippen LogP contribution in [0, 0.1) is 0 Å². The minimum atomic E-state index is -4.52. The summed E-state index contributed by atoms with van der Waals surface area (Å²) in [7, 11) is 3.25. The average molecular weight is 1910 g/mol. The zero-order chi connectivity index (χ0) is 101. The molecule has 12 aromatic carbocycles. The Balaban J connectivity index is 0.000000173. The van der Waals surface area contributed by atoms with Crippen molar-refractivity contribution in [2.24, 2.45) is 0 Å². The predicted molar refractivity (Wildman–Crippen MR) is 508 cm³/mol. The van der Waals surface area contributed by atoms with Crippen molar-refractivity contribution in [3.8, 4) is 22.9 Å². The van der Waals surface area contributed by atoms with Crippen LogP contribution in [-0.2, 0) is 61.8 Å². The summed E-state index contributed by atoms with van der Waals surface area (Å²) in [6, 6.07) is 78.4. The third kappa shape index (κ3) is 30.4. The van der Waals surface area contributed by atoms with Crippen molar-refractivity contribution in [3.05, 3.63) is 404 Å². The van der Waals surface area contributed by atoms with Gasteiger partial charge < -0.3 is 84.9 Å². The van der Waals surface area contributed by atoms with E-state index >= 15 is 0 Å². The highest BCUT2D eigenvalue weighted by atomic mass is 19.4. The molecule has 0 radical (unpaired) electrons. The number of hydrogen-bond donors (Lipinski definition) is 10. The minimum absolute atomic E-state index is 0.00643. The van der Waals surface area contributed by atoms with Gasteiger partial charge in [-0.2, -0.15) is 13.2 Å². The maximum Gasteiger partial charge on any atom is 0.422 e. The van der Waals surface area contributed by atoms with Gasteiger partial charge in [-0.1, -0.05) is 182 Å². The number of Topliss-reactive ketones (excluding diaryl/α,β-unsaturated/α-hetero) is 3. The second-order valence-corrected chi connectivity index (χ2v) is 31.2. The van der Waals surface area contributed by atoms with Crippen LogP contribution in [0.25, 0.3) is 11.4 Å². The molecule has 34 heteroatoms. The number of carboxylic acid groups (broad SMARTS) is 6. The van der Waals surface area contributed by atoms with Gasteiger partial charge in [0.2, 0.25) is 5.91 Å². The van der Waals surface area contributed by atoms with Crippen molar-refractivity contribution in [2.45, 2.75) is 70.7 Å². The number of rotatable bonds is 30. The number of methoxy groups -OCH3 is 1. The topological polar surface area (TPSA) is 467 Å². The quantitative estimate of drug-likeness (QED) is 0.0187. The fourth-order valence-corrected chi connectivity index (χ4v) is 14.2. The number of anilines is 3. The van der Waals surface area contributed by atoms with Gasteiger partial charge in [-0.3, -0.25) is 33.6 Å². The zero-order valence-electron chi connectivity index (χ0n) is 75.9. The van der Waals surface area contributed by atoms with E-state index in [4.69, 9.17) is 44.1 Å².